The first-order valence-corrected chi connectivity index (χ1v) is 10.7. The predicted octanol–water partition coefficient (Wildman–Crippen LogP) is 2.69. The van der Waals surface area contributed by atoms with Crippen molar-refractivity contribution in [3.63, 3.8) is 0 Å². The Morgan fingerprint density at radius 1 is 1.20 bits per heavy atom. The normalized spacial score (nSPS) is 15.2. The molecule has 0 saturated carbocycles. The predicted molar refractivity (Wildman–Crippen MR) is 115 cm³/mol. The van der Waals surface area contributed by atoms with Crippen LogP contribution in [-0.2, 0) is 40.4 Å². The number of fused-ring (bicyclic) bond motifs is 3. The molecular weight excluding hydrogens is 404 g/mol. The van der Waals surface area contributed by atoms with Gasteiger partial charge in [-0.1, -0.05) is 30.3 Å². The number of aromatic nitrogens is 2. The van der Waals surface area contributed by atoms with Gasteiger partial charge in [-0.15, -0.1) is 11.3 Å². The van der Waals surface area contributed by atoms with Crippen LogP contribution in [0.2, 0.25) is 0 Å². The van der Waals surface area contributed by atoms with Crippen molar-refractivity contribution in [2.45, 2.75) is 52.5 Å². The van der Waals surface area contributed by atoms with Gasteiger partial charge in [0, 0.05) is 11.3 Å². The van der Waals surface area contributed by atoms with E-state index in [2.05, 4.69) is 0 Å². The fourth-order valence-corrected chi connectivity index (χ4v) is 5.00. The maximum atomic E-state index is 13.5. The van der Waals surface area contributed by atoms with E-state index in [4.69, 9.17) is 9.47 Å². The molecule has 0 amide bonds. The minimum absolute atomic E-state index is 0.141. The van der Waals surface area contributed by atoms with Gasteiger partial charge in [0.25, 0.3) is 5.56 Å². The van der Waals surface area contributed by atoms with Gasteiger partial charge in [-0.3, -0.25) is 18.7 Å². The zero-order valence-electron chi connectivity index (χ0n) is 17.3. The molecule has 30 heavy (non-hydrogen) atoms. The molecule has 8 heteroatoms. The zero-order chi connectivity index (χ0) is 21.5. The third-order valence-corrected chi connectivity index (χ3v) is 6.44. The quantitative estimate of drug-likeness (QED) is 0.584. The van der Waals surface area contributed by atoms with Crippen LogP contribution in [0.25, 0.3) is 10.2 Å². The van der Waals surface area contributed by atoms with E-state index in [9.17, 15) is 14.4 Å². The smallest absolute Gasteiger partial charge is 0.332 e. The molecule has 1 aromatic carbocycles. The van der Waals surface area contributed by atoms with E-state index in [-0.39, 0.29) is 25.3 Å². The second-order valence-electron chi connectivity index (χ2n) is 7.96. The van der Waals surface area contributed by atoms with Gasteiger partial charge in [-0.25, -0.2) is 4.79 Å². The summed E-state index contributed by atoms with van der Waals surface area (Å²) in [7, 11) is 0. The van der Waals surface area contributed by atoms with E-state index in [1.165, 1.54) is 20.5 Å². The van der Waals surface area contributed by atoms with Crippen LogP contribution in [0.15, 0.2) is 39.9 Å². The van der Waals surface area contributed by atoms with Crippen molar-refractivity contribution in [1.29, 1.82) is 0 Å². The van der Waals surface area contributed by atoms with Gasteiger partial charge >= 0.3 is 11.7 Å². The minimum Gasteiger partial charge on any atom is -0.465 e. The van der Waals surface area contributed by atoms with Crippen molar-refractivity contribution < 1.29 is 14.3 Å². The van der Waals surface area contributed by atoms with Crippen molar-refractivity contribution in [3.05, 3.63) is 67.2 Å². The molecule has 0 saturated heterocycles. The molecule has 0 aliphatic carbocycles. The molecule has 1 aliphatic rings. The molecular formula is C22H24N2O5S. The van der Waals surface area contributed by atoms with Crippen LogP contribution in [0.5, 0.6) is 0 Å². The molecule has 7 nitrogen and oxygen atoms in total. The monoisotopic (exact) mass is 428 g/mol. The highest BCUT2D eigenvalue weighted by Crippen LogP contribution is 2.37. The number of ether oxygens (including phenoxy) is 2. The molecule has 2 aromatic heterocycles. The lowest BCUT2D eigenvalue weighted by molar-refractivity contribution is -0.143. The van der Waals surface area contributed by atoms with Crippen molar-refractivity contribution >= 4 is 27.5 Å². The summed E-state index contributed by atoms with van der Waals surface area (Å²) < 4.78 is 13.5. The first-order chi connectivity index (χ1) is 14.3. The fraction of sp³-hybridized carbons (Fsp3) is 0.409. The van der Waals surface area contributed by atoms with Crippen LogP contribution in [0, 0.1) is 0 Å². The highest BCUT2D eigenvalue weighted by Gasteiger charge is 2.32. The van der Waals surface area contributed by atoms with Crippen molar-refractivity contribution in [2.24, 2.45) is 0 Å². The van der Waals surface area contributed by atoms with Crippen LogP contribution < -0.4 is 11.2 Å². The number of hydrogen-bond donors (Lipinski definition) is 0. The Bertz CT molecular complexity index is 1220. The lowest BCUT2D eigenvalue weighted by Gasteiger charge is -2.29. The summed E-state index contributed by atoms with van der Waals surface area (Å²) >= 11 is 1.35. The summed E-state index contributed by atoms with van der Waals surface area (Å²) in [5, 5.41) is 0.506. The van der Waals surface area contributed by atoms with Crippen molar-refractivity contribution in [1.82, 2.24) is 9.13 Å². The summed E-state index contributed by atoms with van der Waals surface area (Å²) in [4.78, 5) is 40.4. The lowest BCUT2D eigenvalue weighted by atomic mass is 9.94. The van der Waals surface area contributed by atoms with Crippen LogP contribution >= 0.6 is 11.3 Å². The van der Waals surface area contributed by atoms with Gasteiger partial charge in [-0.05, 0) is 31.9 Å². The maximum absolute atomic E-state index is 13.5. The number of benzene rings is 1. The Labute approximate surface area is 177 Å². The second kappa shape index (κ2) is 7.85. The van der Waals surface area contributed by atoms with Crippen molar-refractivity contribution in [2.75, 3.05) is 6.61 Å². The van der Waals surface area contributed by atoms with Gasteiger partial charge in [0.2, 0.25) is 0 Å². The van der Waals surface area contributed by atoms with Gasteiger partial charge < -0.3 is 9.47 Å². The van der Waals surface area contributed by atoms with E-state index in [1.54, 1.807) is 6.92 Å². The average molecular weight is 429 g/mol. The molecule has 0 unspecified atom stereocenters. The van der Waals surface area contributed by atoms with Gasteiger partial charge in [-0.2, -0.15) is 0 Å². The lowest BCUT2D eigenvalue weighted by Crippen LogP contribution is -2.41. The second-order valence-corrected chi connectivity index (χ2v) is 9.04. The largest absolute Gasteiger partial charge is 0.465 e. The summed E-state index contributed by atoms with van der Waals surface area (Å²) in [6.45, 7) is 6.20. The number of esters is 1. The first kappa shape index (κ1) is 20.6. The molecule has 3 aromatic rings. The van der Waals surface area contributed by atoms with Gasteiger partial charge in [0.1, 0.15) is 11.4 Å². The van der Waals surface area contributed by atoms with E-state index in [1.807, 2.05) is 44.2 Å². The highest BCUT2D eigenvalue weighted by molar-refractivity contribution is 7.18. The molecule has 0 atom stereocenters. The molecule has 1 aliphatic heterocycles. The molecule has 0 bridgehead atoms. The molecule has 0 N–H and O–H groups in total. The summed E-state index contributed by atoms with van der Waals surface area (Å²) in [6, 6.07) is 9.34. The Morgan fingerprint density at radius 3 is 2.63 bits per heavy atom. The van der Waals surface area contributed by atoms with Gasteiger partial charge in [0.15, 0.2) is 0 Å². The van der Waals surface area contributed by atoms with Gasteiger partial charge in [0.05, 0.1) is 30.7 Å². The fourth-order valence-electron chi connectivity index (χ4n) is 3.78. The number of hydrogen-bond acceptors (Lipinski definition) is 6. The van der Waals surface area contributed by atoms with Crippen LogP contribution in [-0.4, -0.2) is 27.3 Å². The molecule has 3 heterocycles. The third-order valence-electron chi connectivity index (χ3n) is 5.21. The third kappa shape index (κ3) is 3.73. The van der Waals surface area contributed by atoms with E-state index < -0.39 is 17.3 Å². The summed E-state index contributed by atoms with van der Waals surface area (Å²) in [6.07, 6.45) is 0.570. The minimum atomic E-state index is -0.511. The Balaban J connectivity index is 1.96. The Hall–Kier alpha value is -2.71. The first-order valence-electron chi connectivity index (χ1n) is 9.92. The number of carbonyl (C=O) groups excluding carboxylic acids is 1. The Morgan fingerprint density at radius 2 is 1.93 bits per heavy atom. The van der Waals surface area contributed by atoms with Crippen LogP contribution in [0.3, 0.4) is 0 Å². The van der Waals surface area contributed by atoms with Crippen LogP contribution in [0.1, 0.15) is 36.8 Å². The number of rotatable bonds is 5. The molecule has 0 spiro atoms. The van der Waals surface area contributed by atoms with E-state index in [0.717, 1.165) is 16.0 Å². The number of nitrogens with zero attached hydrogens (tertiary/aromatic N) is 2. The maximum Gasteiger partial charge on any atom is 0.332 e. The molecule has 158 valence electrons. The molecule has 4 rings (SSSR count). The summed E-state index contributed by atoms with van der Waals surface area (Å²) in [5.41, 5.74) is 0.513. The zero-order valence-corrected chi connectivity index (χ0v) is 18.1. The Kier molecular flexibility index (Phi) is 5.38. The van der Waals surface area contributed by atoms with Crippen molar-refractivity contribution in [3.8, 4) is 0 Å². The number of carbonyl (C=O) groups is 1. The molecule has 0 radical (unpaired) electrons. The van der Waals surface area contributed by atoms with E-state index in [0.29, 0.717) is 23.2 Å². The highest BCUT2D eigenvalue weighted by atomic mass is 32.1. The average Bonchev–Trinajstić information content (AvgIpc) is 3.07. The van der Waals surface area contributed by atoms with Crippen LogP contribution in [0.4, 0.5) is 0 Å². The topological polar surface area (TPSA) is 79.5 Å². The SMILES string of the molecule is CCOC(=O)Cn1c(=O)n(Cc2ccccc2)c(=O)c2c3c(sc21)COC(C)(C)C3. The van der Waals surface area contributed by atoms with E-state index >= 15 is 0 Å². The standard InChI is InChI=1S/C22H24N2O5S/c1-4-28-17(25)12-24-20-18(15-10-22(2,3)29-13-16(15)30-20)19(26)23(21(24)27)11-14-8-6-5-7-9-14/h5-9H,4,10-13H2,1-3H3. The number of thiophene rings is 1. The molecule has 0 fully saturated rings. The summed E-state index contributed by atoms with van der Waals surface area (Å²) in [5.74, 6) is -0.506.